The Bertz CT molecular complexity index is 610. The second-order valence-corrected chi connectivity index (χ2v) is 7.18. The minimum atomic E-state index is -3.61. The molecule has 0 aliphatic carbocycles. The van der Waals surface area contributed by atoms with Crippen LogP contribution in [0.1, 0.15) is 26.1 Å². The van der Waals surface area contributed by atoms with Crippen LogP contribution in [-0.2, 0) is 21.2 Å². The summed E-state index contributed by atoms with van der Waals surface area (Å²) in [7, 11) is -2.04. The van der Waals surface area contributed by atoms with E-state index in [1.54, 1.807) is 14.0 Å². The number of rotatable bonds is 4. The Labute approximate surface area is 118 Å². The van der Waals surface area contributed by atoms with Crippen molar-refractivity contribution in [1.82, 2.24) is 19.6 Å². The highest BCUT2D eigenvalue weighted by Crippen LogP contribution is 2.33. The van der Waals surface area contributed by atoms with E-state index < -0.39 is 15.4 Å². The van der Waals surface area contributed by atoms with Crippen LogP contribution in [0, 0.1) is 5.41 Å². The Kier molecular flexibility index (Phi) is 3.88. The van der Waals surface area contributed by atoms with Crippen molar-refractivity contribution >= 4 is 15.9 Å². The maximum Gasteiger partial charge on any atom is 0.260 e. The van der Waals surface area contributed by atoms with E-state index in [0.29, 0.717) is 25.2 Å². The minimum absolute atomic E-state index is 0.0931. The fourth-order valence-electron chi connectivity index (χ4n) is 2.40. The van der Waals surface area contributed by atoms with Crippen LogP contribution in [0.4, 0.5) is 0 Å². The van der Waals surface area contributed by atoms with E-state index in [0.717, 1.165) is 0 Å². The third-order valence-corrected chi connectivity index (χ3v) is 5.53. The standard InChI is InChI=1S/C12H20N4O3S/c1-4-9-14-7-10(15-9)20(18,19)16-6-5-12(2,8-16)11(17)13-3/h7H,4-6,8H2,1-3H3,(H,13,17)(H,14,15). The molecule has 2 N–H and O–H groups in total. The molecule has 1 fully saturated rings. The first-order valence-electron chi connectivity index (χ1n) is 6.59. The molecule has 0 radical (unpaired) electrons. The van der Waals surface area contributed by atoms with Crippen LogP contribution in [0.2, 0.25) is 0 Å². The SMILES string of the molecule is CCc1ncc(S(=O)(=O)N2CCC(C)(C(=O)NC)C2)[nH]1. The van der Waals surface area contributed by atoms with Crippen LogP contribution in [0.5, 0.6) is 0 Å². The molecule has 2 rings (SSSR count). The zero-order valence-corrected chi connectivity index (χ0v) is 12.7. The number of amides is 1. The van der Waals surface area contributed by atoms with E-state index in [1.165, 1.54) is 10.5 Å². The van der Waals surface area contributed by atoms with E-state index in [-0.39, 0.29) is 17.5 Å². The molecule has 1 amide bonds. The smallest absolute Gasteiger partial charge is 0.260 e. The summed E-state index contributed by atoms with van der Waals surface area (Å²) in [6.07, 6.45) is 2.50. The Morgan fingerprint density at radius 3 is 2.85 bits per heavy atom. The van der Waals surface area contributed by atoms with Gasteiger partial charge in [-0.3, -0.25) is 4.79 Å². The molecule has 2 heterocycles. The molecule has 0 spiro atoms. The Morgan fingerprint density at radius 1 is 1.60 bits per heavy atom. The summed E-state index contributed by atoms with van der Waals surface area (Å²) in [5.41, 5.74) is -0.671. The van der Waals surface area contributed by atoms with Gasteiger partial charge in [0.25, 0.3) is 10.0 Å². The minimum Gasteiger partial charge on any atom is -0.359 e. The molecule has 1 aliphatic rings. The molecule has 1 aromatic rings. The number of H-pyrrole nitrogens is 1. The van der Waals surface area contributed by atoms with Crippen molar-refractivity contribution in [3.8, 4) is 0 Å². The fourth-order valence-corrected chi connectivity index (χ4v) is 3.90. The zero-order chi connectivity index (χ0) is 15.0. The summed E-state index contributed by atoms with van der Waals surface area (Å²) >= 11 is 0. The number of carbonyl (C=O) groups is 1. The molecule has 1 aliphatic heterocycles. The van der Waals surface area contributed by atoms with Crippen molar-refractivity contribution in [3.63, 3.8) is 0 Å². The van der Waals surface area contributed by atoms with E-state index >= 15 is 0 Å². The van der Waals surface area contributed by atoms with Crippen LogP contribution in [0.25, 0.3) is 0 Å². The summed E-state index contributed by atoms with van der Waals surface area (Å²) in [5.74, 6) is 0.505. The Hall–Kier alpha value is -1.41. The summed E-state index contributed by atoms with van der Waals surface area (Å²) in [6.45, 7) is 4.21. The summed E-state index contributed by atoms with van der Waals surface area (Å²) in [5, 5.41) is 2.68. The van der Waals surface area contributed by atoms with Crippen molar-refractivity contribution < 1.29 is 13.2 Å². The number of aromatic amines is 1. The number of aromatic nitrogens is 2. The number of nitrogens with one attached hydrogen (secondary N) is 2. The van der Waals surface area contributed by atoms with Gasteiger partial charge in [0.2, 0.25) is 5.91 Å². The first-order valence-corrected chi connectivity index (χ1v) is 8.03. The molecule has 1 saturated heterocycles. The Morgan fingerprint density at radius 2 is 2.30 bits per heavy atom. The van der Waals surface area contributed by atoms with Crippen LogP contribution < -0.4 is 5.32 Å². The number of aryl methyl sites for hydroxylation is 1. The van der Waals surface area contributed by atoms with Crippen molar-refractivity contribution in [2.24, 2.45) is 5.41 Å². The number of carbonyl (C=O) groups excluding carboxylic acids is 1. The molecule has 8 heteroatoms. The largest absolute Gasteiger partial charge is 0.359 e. The second-order valence-electron chi connectivity index (χ2n) is 5.28. The molecule has 1 atom stereocenters. The van der Waals surface area contributed by atoms with Gasteiger partial charge >= 0.3 is 0 Å². The van der Waals surface area contributed by atoms with Gasteiger partial charge in [-0.25, -0.2) is 13.4 Å². The van der Waals surface area contributed by atoms with Crippen molar-refractivity contribution in [2.75, 3.05) is 20.1 Å². The normalized spacial score (nSPS) is 23.9. The topological polar surface area (TPSA) is 95.2 Å². The molecular weight excluding hydrogens is 280 g/mol. The van der Waals surface area contributed by atoms with Gasteiger partial charge in [-0.1, -0.05) is 6.92 Å². The van der Waals surface area contributed by atoms with E-state index in [2.05, 4.69) is 15.3 Å². The van der Waals surface area contributed by atoms with E-state index in [1.807, 2.05) is 6.92 Å². The van der Waals surface area contributed by atoms with E-state index in [9.17, 15) is 13.2 Å². The van der Waals surface area contributed by atoms with Crippen molar-refractivity contribution in [1.29, 1.82) is 0 Å². The summed E-state index contributed by atoms with van der Waals surface area (Å²) in [4.78, 5) is 18.7. The van der Waals surface area contributed by atoms with Crippen LogP contribution >= 0.6 is 0 Å². The van der Waals surface area contributed by atoms with Gasteiger partial charge in [-0.15, -0.1) is 0 Å². The van der Waals surface area contributed by atoms with Gasteiger partial charge in [0.1, 0.15) is 5.82 Å². The van der Waals surface area contributed by atoms with Gasteiger partial charge in [0, 0.05) is 26.6 Å². The summed E-state index contributed by atoms with van der Waals surface area (Å²) in [6, 6.07) is 0. The zero-order valence-electron chi connectivity index (χ0n) is 11.9. The monoisotopic (exact) mass is 300 g/mol. The lowest BCUT2D eigenvalue weighted by molar-refractivity contribution is -0.128. The third-order valence-electron chi connectivity index (χ3n) is 3.77. The van der Waals surface area contributed by atoms with Crippen LogP contribution in [0.3, 0.4) is 0 Å². The number of sulfonamides is 1. The summed E-state index contributed by atoms with van der Waals surface area (Å²) < 4.78 is 26.3. The first-order chi connectivity index (χ1) is 9.33. The van der Waals surface area contributed by atoms with Crippen molar-refractivity contribution in [2.45, 2.75) is 31.7 Å². The Balaban J connectivity index is 2.22. The quantitative estimate of drug-likeness (QED) is 0.825. The van der Waals surface area contributed by atoms with Crippen LogP contribution in [0.15, 0.2) is 11.2 Å². The first kappa shape index (κ1) is 15.0. The predicted octanol–water partition coefficient (Wildman–Crippen LogP) is 0.119. The lowest BCUT2D eigenvalue weighted by Crippen LogP contribution is -2.40. The van der Waals surface area contributed by atoms with Crippen LogP contribution in [-0.4, -0.2) is 48.7 Å². The molecule has 0 aromatic carbocycles. The highest BCUT2D eigenvalue weighted by atomic mass is 32.2. The lowest BCUT2D eigenvalue weighted by atomic mass is 9.89. The van der Waals surface area contributed by atoms with Gasteiger partial charge in [0.15, 0.2) is 5.03 Å². The molecule has 112 valence electrons. The molecule has 0 saturated carbocycles. The average molecular weight is 300 g/mol. The number of hydrogen-bond acceptors (Lipinski definition) is 4. The molecule has 1 aromatic heterocycles. The third kappa shape index (κ3) is 2.45. The average Bonchev–Trinajstić information content (AvgIpc) is 3.05. The number of hydrogen-bond donors (Lipinski definition) is 2. The highest BCUT2D eigenvalue weighted by Gasteiger charge is 2.44. The lowest BCUT2D eigenvalue weighted by Gasteiger charge is -2.22. The van der Waals surface area contributed by atoms with Gasteiger partial charge < -0.3 is 10.3 Å². The number of imidazole rings is 1. The van der Waals surface area contributed by atoms with Crippen molar-refractivity contribution in [3.05, 3.63) is 12.0 Å². The molecule has 1 unspecified atom stereocenters. The molecular formula is C12H20N4O3S. The number of nitrogens with zero attached hydrogens (tertiary/aromatic N) is 2. The fraction of sp³-hybridized carbons (Fsp3) is 0.667. The molecule has 20 heavy (non-hydrogen) atoms. The maximum atomic E-state index is 12.5. The van der Waals surface area contributed by atoms with E-state index in [4.69, 9.17) is 0 Å². The maximum absolute atomic E-state index is 12.5. The van der Waals surface area contributed by atoms with Gasteiger partial charge in [-0.05, 0) is 13.3 Å². The van der Waals surface area contributed by atoms with Gasteiger partial charge in [0.05, 0.1) is 11.6 Å². The highest BCUT2D eigenvalue weighted by molar-refractivity contribution is 7.89. The second kappa shape index (κ2) is 5.17. The predicted molar refractivity (Wildman–Crippen MR) is 73.5 cm³/mol. The molecule has 7 nitrogen and oxygen atoms in total. The van der Waals surface area contributed by atoms with Gasteiger partial charge in [-0.2, -0.15) is 4.31 Å². The molecule has 0 bridgehead atoms.